The van der Waals surface area contributed by atoms with Crippen LogP contribution >= 0.6 is 0 Å². The quantitative estimate of drug-likeness (QED) is 0.230. The van der Waals surface area contributed by atoms with Gasteiger partial charge in [-0.05, 0) is 30.1 Å². The highest BCUT2D eigenvalue weighted by atomic mass is 16.7. The van der Waals surface area contributed by atoms with E-state index in [1.165, 1.54) is 64.2 Å². The number of hydrogen-bond donors (Lipinski definition) is 3. The number of unbranched alkanes of at least 4 members (excludes halogenated alkanes) is 1. The second-order valence-electron chi connectivity index (χ2n) is 11.1. The van der Waals surface area contributed by atoms with Crippen molar-refractivity contribution in [3.8, 4) is 0 Å². The Bertz CT molecular complexity index is 444. The van der Waals surface area contributed by atoms with Gasteiger partial charge in [0.25, 0.3) is 0 Å². The van der Waals surface area contributed by atoms with Crippen molar-refractivity contribution in [2.75, 3.05) is 13.2 Å². The van der Waals surface area contributed by atoms with Crippen LogP contribution in [0.2, 0.25) is 0 Å². The molecule has 1 saturated heterocycles. The molecule has 7 atom stereocenters. The van der Waals surface area contributed by atoms with Crippen molar-refractivity contribution < 1.29 is 24.8 Å². The lowest BCUT2D eigenvalue weighted by molar-refractivity contribution is -0.270. The van der Waals surface area contributed by atoms with E-state index in [4.69, 9.17) is 9.47 Å². The monoisotopic (exact) mass is 458 g/mol. The minimum Gasteiger partial charge on any atom is -0.388 e. The van der Waals surface area contributed by atoms with Gasteiger partial charge in [0.2, 0.25) is 0 Å². The molecule has 1 aliphatic heterocycles. The number of ether oxygens (including phenoxy) is 2. The van der Waals surface area contributed by atoms with Crippen LogP contribution in [0.3, 0.4) is 0 Å². The third kappa shape index (κ3) is 13.5. The molecule has 32 heavy (non-hydrogen) atoms. The average Bonchev–Trinajstić information content (AvgIpc) is 2.73. The molecule has 4 unspecified atom stereocenters. The first-order chi connectivity index (χ1) is 15.2. The highest BCUT2D eigenvalue weighted by molar-refractivity contribution is 4.82. The first-order valence-corrected chi connectivity index (χ1v) is 13.5. The summed E-state index contributed by atoms with van der Waals surface area (Å²) in [6.45, 7) is 12.3. The van der Waals surface area contributed by atoms with Crippen molar-refractivity contribution in [2.24, 2.45) is 23.7 Å². The number of rotatable bonds is 18. The van der Waals surface area contributed by atoms with Crippen LogP contribution in [0, 0.1) is 23.7 Å². The molecule has 0 aromatic carbocycles. The predicted octanol–water partition coefficient (Wildman–Crippen LogP) is 5.69. The van der Waals surface area contributed by atoms with Gasteiger partial charge in [-0.15, -0.1) is 0 Å². The third-order valence-electron chi connectivity index (χ3n) is 7.09. The molecule has 1 fully saturated rings. The molecule has 0 bridgehead atoms. The van der Waals surface area contributed by atoms with E-state index in [1.807, 2.05) is 0 Å². The Kier molecular flexibility index (Phi) is 16.1. The minimum absolute atomic E-state index is 0.00429. The van der Waals surface area contributed by atoms with Gasteiger partial charge in [0, 0.05) is 6.61 Å². The van der Waals surface area contributed by atoms with Gasteiger partial charge < -0.3 is 24.8 Å². The zero-order valence-corrected chi connectivity index (χ0v) is 21.7. The van der Waals surface area contributed by atoms with E-state index < -0.39 is 24.6 Å². The van der Waals surface area contributed by atoms with Crippen molar-refractivity contribution in [2.45, 2.75) is 136 Å². The molecule has 1 heterocycles. The zero-order chi connectivity index (χ0) is 23.9. The van der Waals surface area contributed by atoms with Crippen LogP contribution in [0.1, 0.15) is 112 Å². The Morgan fingerprint density at radius 1 is 0.656 bits per heavy atom. The summed E-state index contributed by atoms with van der Waals surface area (Å²) in [5.74, 6) is 3.30. The van der Waals surface area contributed by atoms with Crippen LogP contribution in [-0.4, -0.2) is 53.1 Å². The molecule has 1 aliphatic rings. The molecule has 0 aliphatic carbocycles. The van der Waals surface area contributed by atoms with Gasteiger partial charge in [-0.3, -0.25) is 0 Å². The summed E-state index contributed by atoms with van der Waals surface area (Å²) < 4.78 is 10.8. The molecule has 0 radical (unpaired) electrons. The van der Waals surface area contributed by atoms with Gasteiger partial charge in [0.15, 0.2) is 6.29 Å². The van der Waals surface area contributed by atoms with Gasteiger partial charge in [-0.25, -0.2) is 0 Å². The SMILES string of the molecule is CC(C)CCCC(C)CCCC(C)CCCC(C)CCCCOC1OC[C@@H](O)[C@H](O)[C@@H]1O. The number of hydrogen-bond acceptors (Lipinski definition) is 5. The van der Waals surface area contributed by atoms with Crippen LogP contribution < -0.4 is 0 Å². The summed E-state index contributed by atoms with van der Waals surface area (Å²) in [7, 11) is 0. The van der Waals surface area contributed by atoms with Crippen molar-refractivity contribution >= 4 is 0 Å². The van der Waals surface area contributed by atoms with Crippen molar-refractivity contribution in [3.05, 3.63) is 0 Å². The van der Waals surface area contributed by atoms with Crippen LogP contribution in [0.25, 0.3) is 0 Å². The Balaban J connectivity index is 1.97. The maximum absolute atomic E-state index is 9.87. The fourth-order valence-corrected chi connectivity index (χ4v) is 4.66. The molecule has 192 valence electrons. The highest BCUT2D eigenvalue weighted by Crippen LogP contribution is 2.23. The summed E-state index contributed by atoms with van der Waals surface area (Å²) in [5.41, 5.74) is 0. The molecule has 0 aromatic heterocycles. The summed E-state index contributed by atoms with van der Waals surface area (Å²) in [6.07, 6.45) is 11.2. The highest BCUT2D eigenvalue weighted by Gasteiger charge is 2.37. The van der Waals surface area contributed by atoms with Crippen LogP contribution in [-0.2, 0) is 9.47 Å². The van der Waals surface area contributed by atoms with Gasteiger partial charge in [0.1, 0.15) is 18.3 Å². The minimum atomic E-state index is -1.20. The van der Waals surface area contributed by atoms with E-state index in [2.05, 4.69) is 34.6 Å². The maximum Gasteiger partial charge on any atom is 0.186 e. The topological polar surface area (TPSA) is 79.2 Å². The molecule has 1 rings (SSSR count). The van der Waals surface area contributed by atoms with Crippen molar-refractivity contribution in [1.29, 1.82) is 0 Å². The maximum atomic E-state index is 9.87. The van der Waals surface area contributed by atoms with E-state index in [1.54, 1.807) is 0 Å². The molecule has 0 spiro atoms. The summed E-state index contributed by atoms with van der Waals surface area (Å²) in [4.78, 5) is 0. The van der Waals surface area contributed by atoms with E-state index >= 15 is 0 Å². The Morgan fingerprint density at radius 3 is 1.62 bits per heavy atom. The van der Waals surface area contributed by atoms with Crippen LogP contribution in [0.5, 0.6) is 0 Å². The summed E-state index contributed by atoms with van der Waals surface area (Å²) in [5, 5.41) is 29.0. The lowest BCUT2D eigenvalue weighted by Gasteiger charge is -2.34. The lowest BCUT2D eigenvalue weighted by Crippen LogP contribution is -2.53. The molecule has 3 N–H and O–H groups in total. The smallest absolute Gasteiger partial charge is 0.186 e. The van der Waals surface area contributed by atoms with Crippen molar-refractivity contribution in [3.63, 3.8) is 0 Å². The van der Waals surface area contributed by atoms with E-state index in [0.717, 1.165) is 36.5 Å². The predicted molar refractivity (Wildman–Crippen MR) is 131 cm³/mol. The standard InChI is InChI=1S/C27H54O5/c1-20(2)11-8-13-22(4)15-10-17-23(5)16-9-14-21(3)12-6-7-18-31-27-26(30)25(29)24(28)19-32-27/h20-30H,6-19H2,1-5H3/t21?,22?,23?,24-,25+,26+,27?/m1/s1. The van der Waals surface area contributed by atoms with Crippen LogP contribution in [0.4, 0.5) is 0 Å². The molecule has 0 saturated carbocycles. The number of aliphatic hydroxyl groups is 3. The molecule has 5 nitrogen and oxygen atoms in total. The molecule has 0 aromatic rings. The fraction of sp³-hybridized carbons (Fsp3) is 1.00. The second kappa shape index (κ2) is 17.3. The zero-order valence-electron chi connectivity index (χ0n) is 21.7. The van der Waals surface area contributed by atoms with Gasteiger partial charge in [-0.2, -0.15) is 0 Å². The Labute approximate surface area is 198 Å². The Morgan fingerprint density at radius 2 is 1.12 bits per heavy atom. The van der Waals surface area contributed by atoms with Gasteiger partial charge >= 0.3 is 0 Å². The summed E-state index contributed by atoms with van der Waals surface area (Å²) in [6, 6.07) is 0. The van der Waals surface area contributed by atoms with E-state index in [0.29, 0.717) is 6.61 Å². The lowest BCUT2D eigenvalue weighted by atomic mass is 9.90. The third-order valence-corrected chi connectivity index (χ3v) is 7.09. The molecule has 5 heteroatoms. The van der Waals surface area contributed by atoms with Crippen molar-refractivity contribution in [1.82, 2.24) is 0 Å². The average molecular weight is 459 g/mol. The van der Waals surface area contributed by atoms with Gasteiger partial charge in [-0.1, -0.05) is 105 Å². The normalized spacial score (nSPS) is 26.9. The molecular weight excluding hydrogens is 404 g/mol. The first-order valence-electron chi connectivity index (χ1n) is 13.5. The van der Waals surface area contributed by atoms with Gasteiger partial charge in [0.05, 0.1) is 6.61 Å². The summed E-state index contributed by atoms with van der Waals surface area (Å²) >= 11 is 0. The van der Waals surface area contributed by atoms with E-state index in [9.17, 15) is 15.3 Å². The fourth-order valence-electron chi connectivity index (χ4n) is 4.66. The molecule has 0 amide bonds. The van der Waals surface area contributed by atoms with E-state index in [-0.39, 0.29) is 6.61 Å². The Hall–Kier alpha value is -0.200. The number of aliphatic hydroxyl groups excluding tert-OH is 3. The second-order valence-corrected chi connectivity index (χ2v) is 11.1. The largest absolute Gasteiger partial charge is 0.388 e. The molecular formula is C27H54O5. The first kappa shape index (κ1) is 29.8. The van der Waals surface area contributed by atoms with Crippen LogP contribution in [0.15, 0.2) is 0 Å².